The molecule has 14 nitrogen and oxygen atoms in total. The van der Waals surface area contributed by atoms with Crippen molar-refractivity contribution in [1.29, 1.82) is 0 Å². The van der Waals surface area contributed by atoms with Gasteiger partial charge in [0.15, 0.2) is 0 Å². The number of alkyl carbamates (subject to hydrolysis) is 1. The highest BCUT2D eigenvalue weighted by Crippen LogP contribution is 2.48. The topological polar surface area (TPSA) is 185 Å². The fraction of sp³-hybridized carbons (Fsp3) is 0.618. The van der Waals surface area contributed by atoms with E-state index in [4.69, 9.17) is 9.47 Å². The lowest BCUT2D eigenvalue weighted by molar-refractivity contribution is -0.141. The summed E-state index contributed by atoms with van der Waals surface area (Å²) < 4.78 is 39.6. The molecule has 2 aromatic rings. The molecule has 15 heteroatoms. The molecule has 4 amide bonds. The van der Waals surface area contributed by atoms with Crippen molar-refractivity contribution < 1.29 is 37.1 Å². The molecule has 2 saturated carbocycles. The molecule has 4 aliphatic rings. The molecule has 0 spiro atoms. The lowest BCUT2D eigenvalue weighted by atomic mass is 10.1. The molecule has 5 atom stereocenters. The Morgan fingerprint density at radius 3 is 2.59 bits per heavy atom. The first-order valence-corrected chi connectivity index (χ1v) is 18.7. The van der Waals surface area contributed by atoms with Crippen LogP contribution >= 0.6 is 0 Å². The van der Waals surface area contributed by atoms with Gasteiger partial charge in [0.2, 0.25) is 27.7 Å². The summed E-state index contributed by atoms with van der Waals surface area (Å²) in [7, 11) is -3.85. The fourth-order valence-electron chi connectivity index (χ4n) is 6.78. The molecule has 2 aliphatic carbocycles. The molecule has 0 radical (unpaired) electrons. The van der Waals surface area contributed by atoms with Gasteiger partial charge in [-0.25, -0.2) is 18.2 Å². The minimum Gasteiger partial charge on any atom is -0.472 e. The molecule has 0 bridgehead atoms. The number of hydrogen-bond acceptors (Lipinski definition) is 10. The lowest BCUT2D eigenvalue weighted by Gasteiger charge is -2.30. The number of hydrogen-bond donors (Lipinski definition) is 4. The minimum atomic E-state index is -3.85. The largest absolute Gasteiger partial charge is 0.472 e. The predicted molar refractivity (Wildman–Crippen MR) is 180 cm³/mol. The Bertz CT molecular complexity index is 1700. The zero-order chi connectivity index (χ0) is 35.0. The number of rotatable bonds is 6. The SMILES string of the molecule is CC(C)(C)OC(=O)N[C@H]1CNCCCCC[C@@H]2C[C@@]2(C(=O)NS(=O)(=O)C2CC2)NC(=O)[C@@H]2C[C@@H](Oc3nccc4ccccc34)CN2C1=O. The zero-order valence-corrected chi connectivity index (χ0v) is 29.0. The quantitative estimate of drug-likeness (QED) is 0.349. The lowest BCUT2D eigenvalue weighted by Crippen LogP contribution is -2.59. The summed E-state index contributed by atoms with van der Waals surface area (Å²) in [5.41, 5.74) is -2.21. The highest BCUT2D eigenvalue weighted by atomic mass is 32.2. The number of pyridine rings is 1. The van der Waals surface area contributed by atoms with E-state index in [1.54, 1.807) is 27.0 Å². The van der Waals surface area contributed by atoms with Crippen LogP contribution in [0.3, 0.4) is 0 Å². The van der Waals surface area contributed by atoms with Gasteiger partial charge in [-0.2, -0.15) is 0 Å². The van der Waals surface area contributed by atoms with Crippen LogP contribution in [0.5, 0.6) is 5.88 Å². The summed E-state index contributed by atoms with van der Waals surface area (Å²) in [4.78, 5) is 60.8. The van der Waals surface area contributed by atoms with Crippen LogP contribution in [-0.2, 0) is 29.1 Å². The summed E-state index contributed by atoms with van der Waals surface area (Å²) >= 11 is 0. The van der Waals surface area contributed by atoms with E-state index in [1.165, 1.54) is 4.90 Å². The molecule has 266 valence electrons. The van der Waals surface area contributed by atoms with Crippen molar-refractivity contribution in [1.82, 2.24) is 30.6 Å². The van der Waals surface area contributed by atoms with E-state index in [0.29, 0.717) is 38.1 Å². The number of sulfonamides is 1. The van der Waals surface area contributed by atoms with Crippen molar-refractivity contribution in [3.63, 3.8) is 0 Å². The molecule has 3 heterocycles. The first-order valence-electron chi connectivity index (χ1n) is 17.1. The second-order valence-electron chi connectivity index (χ2n) is 14.6. The number of nitrogens with zero attached hydrogens (tertiary/aromatic N) is 2. The van der Waals surface area contributed by atoms with Gasteiger partial charge in [0.25, 0.3) is 5.91 Å². The third-order valence-electron chi connectivity index (χ3n) is 9.56. The van der Waals surface area contributed by atoms with E-state index >= 15 is 0 Å². The third kappa shape index (κ3) is 8.09. The normalized spacial score (nSPS) is 28.3. The van der Waals surface area contributed by atoms with Gasteiger partial charge in [-0.3, -0.25) is 19.1 Å². The molecular formula is C34H46N6O8S. The van der Waals surface area contributed by atoms with Crippen molar-refractivity contribution >= 4 is 44.6 Å². The Morgan fingerprint density at radius 2 is 1.84 bits per heavy atom. The number of nitrogens with one attached hydrogen (secondary N) is 4. The van der Waals surface area contributed by atoms with Gasteiger partial charge in [0, 0.05) is 24.5 Å². The molecule has 4 fully saturated rings. The average Bonchev–Trinajstić information content (AvgIpc) is 3.96. The second-order valence-corrected chi connectivity index (χ2v) is 16.6. The number of benzene rings is 1. The molecule has 1 aromatic carbocycles. The Labute approximate surface area is 286 Å². The highest BCUT2D eigenvalue weighted by molar-refractivity contribution is 7.91. The average molecular weight is 699 g/mol. The van der Waals surface area contributed by atoms with Gasteiger partial charge in [0.05, 0.1) is 11.8 Å². The van der Waals surface area contributed by atoms with E-state index in [2.05, 4.69) is 25.7 Å². The summed E-state index contributed by atoms with van der Waals surface area (Å²) in [6.45, 7) is 5.86. The Balaban J connectivity index is 1.29. The van der Waals surface area contributed by atoms with Gasteiger partial charge < -0.3 is 30.3 Å². The van der Waals surface area contributed by atoms with E-state index in [9.17, 15) is 27.6 Å². The molecule has 4 N–H and O–H groups in total. The number of amides is 4. The zero-order valence-electron chi connectivity index (χ0n) is 28.2. The number of aromatic nitrogens is 1. The van der Waals surface area contributed by atoms with Crippen LogP contribution < -0.4 is 25.4 Å². The van der Waals surface area contributed by atoms with Crippen LogP contribution in [0.15, 0.2) is 36.5 Å². The Kier molecular flexibility index (Phi) is 9.77. The second kappa shape index (κ2) is 13.7. The van der Waals surface area contributed by atoms with Crippen molar-refractivity contribution in [3.8, 4) is 5.88 Å². The van der Waals surface area contributed by atoms with Gasteiger partial charge in [0.1, 0.15) is 29.3 Å². The summed E-state index contributed by atoms with van der Waals surface area (Å²) in [5.74, 6) is -1.75. The summed E-state index contributed by atoms with van der Waals surface area (Å²) in [6.07, 6.45) is 4.57. The maximum absolute atomic E-state index is 14.3. The van der Waals surface area contributed by atoms with E-state index in [1.807, 2.05) is 30.3 Å². The number of carbonyl (C=O) groups is 4. The Morgan fingerprint density at radius 1 is 1.06 bits per heavy atom. The minimum absolute atomic E-state index is 0.00695. The first kappa shape index (κ1) is 34.9. The van der Waals surface area contributed by atoms with E-state index in [-0.39, 0.29) is 25.4 Å². The molecule has 49 heavy (non-hydrogen) atoms. The smallest absolute Gasteiger partial charge is 0.408 e. The maximum Gasteiger partial charge on any atom is 0.408 e. The Hall–Kier alpha value is -3.98. The molecule has 1 aromatic heterocycles. The molecular weight excluding hydrogens is 652 g/mol. The van der Waals surface area contributed by atoms with Gasteiger partial charge in [-0.15, -0.1) is 0 Å². The predicted octanol–water partition coefficient (Wildman–Crippen LogP) is 2.12. The van der Waals surface area contributed by atoms with Crippen LogP contribution in [0.1, 0.15) is 72.1 Å². The standard InChI is InChI=1S/C34H46N6O8S/c1-33(2,3)48-32(44)37-26-19-35-15-8-4-5-10-22-18-34(22,31(43)39-49(45,46)24-12-13-24)38-28(41)27-17-23(20-40(27)30(26)42)47-29-25-11-7-6-9-21(25)14-16-36-29/h6-7,9,11,14,16,22-24,26-27,35H,4-5,8,10,12-13,15,17-20H2,1-3H3,(H,37,44)(H,38,41)(H,39,43)/t22-,23-,26+,27+,34-/m1/s1. The fourth-order valence-corrected chi connectivity index (χ4v) is 8.15. The first-order chi connectivity index (χ1) is 23.3. The van der Waals surface area contributed by atoms with E-state index in [0.717, 1.165) is 30.0 Å². The van der Waals surface area contributed by atoms with Crippen LogP contribution in [-0.4, -0.2) is 96.3 Å². The van der Waals surface area contributed by atoms with Gasteiger partial charge >= 0.3 is 6.09 Å². The molecule has 2 saturated heterocycles. The van der Waals surface area contributed by atoms with Crippen LogP contribution in [0.4, 0.5) is 4.79 Å². The highest BCUT2D eigenvalue weighted by Gasteiger charge is 2.62. The van der Waals surface area contributed by atoms with Crippen LogP contribution in [0.2, 0.25) is 0 Å². The third-order valence-corrected chi connectivity index (χ3v) is 11.4. The van der Waals surface area contributed by atoms with Crippen molar-refractivity contribution in [2.45, 2.75) is 107 Å². The number of ether oxygens (including phenoxy) is 2. The van der Waals surface area contributed by atoms with Crippen LogP contribution in [0, 0.1) is 5.92 Å². The summed E-state index contributed by atoms with van der Waals surface area (Å²) in [5, 5.41) is 9.94. The summed E-state index contributed by atoms with van der Waals surface area (Å²) in [6, 6.07) is 7.29. The van der Waals surface area contributed by atoms with Crippen molar-refractivity contribution in [3.05, 3.63) is 36.5 Å². The van der Waals surface area contributed by atoms with Crippen molar-refractivity contribution in [2.75, 3.05) is 19.6 Å². The molecule has 6 rings (SSSR count). The monoisotopic (exact) mass is 698 g/mol. The van der Waals surface area contributed by atoms with Gasteiger partial charge in [-0.1, -0.05) is 31.0 Å². The van der Waals surface area contributed by atoms with E-state index < -0.39 is 68.4 Å². The maximum atomic E-state index is 14.3. The van der Waals surface area contributed by atoms with Crippen LogP contribution in [0.25, 0.3) is 10.8 Å². The van der Waals surface area contributed by atoms with Gasteiger partial charge in [-0.05, 0) is 82.9 Å². The van der Waals surface area contributed by atoms with Crippen molar-refractivity contribution in [2.24, 2.45) is 5.92 Å². The molecule has 2 aliphatic heterocycles. The molecule has 0 unspecified atom stereocenters. The number of carbonyl (C=O) groups excluding carboxylic acids is 4. The number of fused-ring (bicyclic) bond motifs is 3.